The van der Waals surface area contributed by atoms with Crippen molar-refractivity contribution < 1.29 is 56.8 Å². The van der Waals surface area contributed by atoms with Crippen molar-refractivity contribution in [1.29, 1.82) is 0 Å². The third-order valence-electron chi connectivity index (χ3n) is 10.0. The first kappa shape index (κ1) is 52.1. The minimum atomic E-state index is -4.60. The molecule has 13 heteroatoms. The topological polar surface area (TPSA) is 186 Å². The molecule has 4 N–H and O–H groups in total. The summed E-state index contributed by atoms with van der Waals surface area (Å²) >= 11 is 0. The molecule has 0 bridgehead atoms. The number of ether oxygens (including phenoxy) is 4. The van der Waals surface area contributed by atoms with Crippen LogP contribution in [0.2, 0.25) is 0 Å². The molecule has 1 rings (SSSR count). The lowest BCUT2D eigenvalue weighted by atomic mass is 10.00. The molecule has 0 radical (unpaired) electrons. The molecule has 6 atom stereocenters. The molecule has 0 amide bonds. The standard InChI is InChI=1S/C43H78O12S/c1-3-5-7-9-11-13-15-17-18-20-21-23-25-27-29-31-38(44)52-33-36(34-53-43-42(48)41(47)40(46)37(55-43)35-56(49,50)51)54-39(45)32-30-28-26-24-22-19-16-14-12-10-8-6-4-2/h13,15,19,22,36-37,40-43,46-48H,3-12,14,16-18,20-21,23-35H2,1-2H3,(H,49,50,51)/b15-13+,22-19+/t36-,37-,40-,41?,42?,43+/m1/s1. The lowest BCUT2D eigenvalue weighted by molar-refractivity contribution is -0.297. The van der Waals surface area contributed by atoms with Crippen LogP contribution in [0.25, 0.3) is 0 Å². The fraction of sp³-hybridized carbons (Fsp3) is 0.860. The van der Waals surface area contributed by atoms with Crippen LogP contribution in [0, 0.1) is 0 Å². The van der Waals surface area contributed by atoms with Crippen LogP contribution >= 0.6 is 0 Å². The van der Waals surface area contributed by atoms with Crippen LogP contribution in [0.3, 0.4) is 0 Å². The number of hydrogen-bond donors (Lipinski definition) is 4. The van der Waals surface area contributed by atoms with Gasteiger partial charge in [-0.05, 0) is 64.2 Å². The van der Waals surface area contributed by atoms with E-state index in [9.17, 15) is 37.9 Å². The first-order valence-electron chi connectivity index (χ1n) is 21.9. The summed E-state index contributed by atoms with van der Waals surface area (Å²) in [6, 6.07) is 0. The number of carbonyl (C=O) groups is 2. The summed E-state index contributed by atoms with van der Waals surface area (Å²) in [7, 11) is -4.60. The van der Waals surface area contributed by atoms with Gasteiger partial charge in [-0.15, -0.1) is 0 Å². The lowest BCUT2D eigenvalue weighted by Crippen LogP contribution is -2.60. The van der Waals surface area contributed by atoms with Crippen LogP contribution in [-0.4, -0.2) is 96.0 Å². The predicted molar refractivity (Wildman–Crippen MR) is 220 cm³/mol. The normalized spacial score (nSPS) is 20.9. The number of esters is 2. The zero-order valence-electron chi connectivity index (χ0n) is 34.7. The Morgan fingerprint density at radius 3 is 1.52 bits per heavy atom. The zero-order chi connectivity index (χ0) is 41.3. The highest BCUT2D eigenvalue weighted by molar-refractivity contribution is 7.85. The van der Waals surface area contributed by atoms with Crippen molar-refractivity contribution in [2.75, 3.05) is 19.0 Å². The van der Waals surface area contributed by atoms with Crippen LogP contribution in [-0.2, 0) is 38.7 Å². The Kier molecular flexibility index (Phi) is 31.7. The van der Waals surface area contributed by atoms with Gasteiger partial charge in [-0.25, -0.2) is 0 Å². The highest BCUT2D eigenvalue weighted by Gasteiger charge is 2.46. The maximum atomic E-state index is 12.8. The van der Waals surface area contributed by atoms with Crippen LogP contribution < -0.4 is 0 Å². The largest absolute Gasteiger partial charge is 0.462 e. The monoisotopic (exact) mass is 819 g/mol. The van der Waals surface area contributed by atoms with E-state index in [1.165, 1.54) is 89.9 Å². The van der Waals surface area contributed by atoms with Crippen LogP contribution in [0.1, 0.15) is 181 Å². The minimum absolute atomic E-state index is 0.144. The number of aliphatic hydroxyl groups excluding tert-OH is 3. The van der Waals surface area contributed by atoms with Gasteiger partial charge < -0.3 is 34.3 Å². The Labute approximate surface area is 338 Å². The van der Waals surface area contributed by atoms with Gasteiger partial charge in [-0.2, -0.15) is 8.42 Å². The third kappa shape index (κ3) is 28.5. The first-order chi connectivity index (χ1) is 27.0. The molecule has 1 aliphatic rings. The van der Waals surface area contributed by atoms with Crippen molar-refractivity contribution in [3.63, 3.8) is 0 Å². The number of allylic oxidation sites excluding steroid dienone is 4. The summed E-state index contributed by atoms with van der Waals surface area (Å²) in [4.78, 5) is 25.3. The molecule has 0 aromatic heterocycles. The molecule has 12 nitrogen and oxygen atoms in total. The second kappa shape index (κ2) is 34.0. The molecule has 2 unspecified atom stereocenters. The molecule has 1 saturated heterocycles. The van der Waals surface area contributed by atoms with Gasteiger partial charge in [0, 0.05) is 12.8 Å². The summed E-state index contributed by atoms with van der Waals surface area (Å²) in [6.07, 6.45) is 26.5. The van der Waals surface area contributed by atoms with Crippen molar-refractivity contribution >= 4 is 22.1 Å². The van der Waals surface area contributed by atoms with Crippen molar-refractivity contribution in [1.82, 2.24) is 0 Å². The molecular formula is C43H78O12S. The second-order valence-electron chi connectivity index (χ2n) is 15.4. The van der Waals surface area contributed by atoms with Crippen LogP contribution in [0.15, 0.2) is 24.3 Å². The van der Waals surface area contributed by atoms with Crippen molar-refractivity contribution in [3.05, 3.63) is 24.3 Å². The maximum absolute atomic E-state index is 12.8. The number of aliphatic hydroxyl groups is 3. The molecule has 0 aromatic rings. The van der Waals surface area contributed by atoms with E-state index in [1.807, 2.05) is 0 Å². The van der Waals surface area contributed by atoms with Crippen LogP contribution in [0.5, 0.6) is 0 Å². The fourth-order valence-corrected chi connectivity index (χ4v) is 7.24. The molecule has 1 heterocycles. The molecule has 328 valence electrons. The zero-order valence-corrected chi connectivity index (χ0v) is 35.6. The average Bonchev–Trinajstić information content (AvgIpc) is 3.16. The Bertz CT molecular complexity index is 1140. The van der Waals surface area contributed by atoms with E-state index < -0.39 is 71.2 Å². The van der Waals surface area contributed by atoms with E-state index in [0.717, 1.165) is 51.4 Å². The lowest BCUT2D eigenvalue weighted by Gasteiger charge is -2.40. The molecule has 0 spiro atoms. The van der Waals surface area contributed by atoms with Gasteiger partial charge in [0.15, 0.2) is 12.4 Å². The Hall–Kier alpha value is -1.87. The van der Waals surface area contributed by atoms with E-state index in [2.05, 4.69) is 38.2 Å². The van der Waals surface area contributed by atoms with Gasteiger partial charge in [0.25, 0.3) is 10.1 Å². The second-order valence-corrected chi connectivity index (χ2v) is 16.9. The van der Waals surface area contributed by atoms with Gasteiger partial charge in [-0.1, -0.05) is 128 Å². The average molecular weight is 819 g/mol. The SMILES string of the molecule is CCCCCC/C=C/CCCCCCCCCC(=O)OC[C@H](CO[C@H]1O[C@H](CS(=O)(=O)O)[C@@H](O)C(O)C1O)OC(=O)CCCCC/C=C/CCCCCCCC. The minimum Gasteiger partial charge on any atom is -0.462 e. The molecule has 56 heavy (non-hydrogen) atoms. The molecule has 0 aliphatic carbocycles. The van der Waals surface area contributed by atoms with Crippen molar-refractivity contribution in [2.24, 2.45) is 0 Å². The highest BCUT2D eigenvalue weighted by Crippen LogP contribution is 2.24. The maximum Gasteiger partial charge on any atom is 0.306 e. The Morgan fingerprint density at radius 1 is 0.589 bits per heavy atom. The molecule has 0 saturated carbocycles. The molecule has 0 aromatic carbocycles. The van der Waals surface area contributed by atoms with Crippen LogP contribution in [0.4, 0.5) is 0 Å². The number of unbranched alkanes of at least 4 members (excludes halogenated alkanes) is 20. The summed E-state index contributed by atoms with van der Waals surface area (Å²) in [5.74, 6) is -2.01. The summed E-state index contributed by atoms with van der Waals surface area (Å²) in [5, 5.41) is 30.8. The first-order valence-corrected chi connectivity index (χ1v) is 23.5. The Balaban J connectivity index is 2.48. The number of carbonyl (C=O) groups excluding carboxylic acids is 2. The fourth-order valence-electron chi connectivity index (χ4n) is 6.55. The smallest absolute Gasteiger partial charge is 0.306 e. The van der Waals surface area contributed by atoms with Crippen molar-refractivity contribution in [3.8, 4) is 0 Å². The van der Waals surface area contributed by atoms with E-state index in [4.69, 9.17) is 18.9 Å². The molecular weight excluding hydrogens is 741 g/mol. The quantitative estimate of drug-likeness (QED) is 0.0205. The van der Waals surface area contributed by atoms with Gasteiger partial charge in [-0.3, -0.25) is 14.1 Å². The Morgan fingerprint density at radius 2 is 1.02 bits per heavy atom. The van der Waals surface area contributed by atoms with Crippen molar-refractivity contribution in [2.45, 2.75) is 218 Å². The van der Waals surface area contributed by atoms with E-state index in [-0.39, 0.29) is 19.4 Å². The number of hydrogen-bond acceptors (Lipinski definition) is 11. The highest BCUT2D eigenvalue weighted by atomic mass is 32.2. The van der Waals surface area contributed by atoms with Gasteiger partial charge in [0.1, 0.15) is 36.8 Å². The third-order valence-corrected chi connectivity index (χ3v) is 10.8. The van der Waals surface area contributed by atoms with Gasteiger partial charge in [0.2, 0.25) is 0 Å². The summed E-state index contributed by atoms with van der Waals surface area (Å²) in [5.41, 5.74) is 0. The predicted octanol–water partition coefficient (Wildman–Crippen LogP) is 8.45. The summed E-state index contributed by atoms with van der Waals surface area (Å²) in [6.45, 7) is 3.71. The molecule has 1 fully saturated rings. The van der Waals surface area contributed by atoms with Gasteiger partial charge in [0.05, 0.1) is 6.61 Å². The van der Waals surface area contributed by atoms with E-state index in [0.29, 0.717) is 12.8 Å². The molecule has 1 aliphatic heterocycles. The number of rotatable bonds is 36. The van der Waals surface area contributed by atoms with E-state index >= 15 is 0 Å². The summed E-state index contributed by atoms with van der Waals surface area (Å²) < 4.78 is 53.9. The van der Waals surface area contributed by atoms with E-state index in [1.54, 1.807) is 0 Å². The van der Waals surface area contributed by atoms with Gasteiger partial charge >= 0.3 is 11.9 Å².